The lowest BCUT2D eigenvalue weighted by molar-refractivity contribution is 0.0691. The number of aromatic carboxylic acids is 1. The molecule has 6 nitrogen and oxygen atoms in total. The van der Waals surface area contributed by atoms with Gasteiger partial charge in [0.2, 0.25) is 0 Å². The molecule has 0 bridgehead atoms. The molecule has 0 aliphatic carbocycles. The van der Waals surface area contributed by atoms with E-state index < -0.39 is 5.97 Å². The SMILES string of the molecule is Cc1nonc1COc1c(Cl)cc(Cl)cc1C(=O)O. The summed E-state index contributed by atoms with van der Waals surface area (Å²) in [6.07, 6.45) is 0. The third-order valence-corrected chi connectivity index (χ3v) is 2.84. The summed E-state index contributed by atoms with van der Waals surface area (Å²) in [5.41, 5.74) is 0.899. The molecule has 0 aliphatic heterocycles. The second-order valence-corrected chi connectivity index (χ2v) is 4.50. The lowest BCUT2D eigenvalue weighted by Gasteiger charge is -2.10. The molecule has 1 aromatic heterocycles. The summed E-state index contributed by atoms with van der Waals surface area (Å²) >= 11 is 11.7. The summed E-state index contributed by atoms with van der Waals surface area (Å²) in [5, 5.41) is 16.6. The van der Waals surface area contributed by atoms with Crippen LogP contribution in [0.25, 0.3) is 0 Å². The van der Waals surface area contributed by atoms with Crippen LogP contribution in [0.5, 0.6) is 5.75 Å². The molecule has 1 aromatic carbocycles. The zero-order valence-corrected chi connectivity index (χ0v) is 11.2. The zero-order valence-electron chi connectivity index (χ0n) is 9.68. The first-order valence-corrected chi connectivity index (χ1v) is 5.88. The molecular weight excluding hydrogens is 295 g/mol. The minimum Gasteiger partial charge on any atom is -0.485 e. The van der Waals surface area contributed by atoms with Gasteiger partial charge in [-0.05, 0) is 19.1 Å². The molecule has 100 valence electrons. The number of nitrogens with zero attached hydrogens (tertiary/aromatic N) is 2. The van der Waals surface area contributed by atoms with Crippen LogP contribution in [0.2, 0.25) is 10.0 Å². The van der Waals surface area contributed by atoms with Gasteiger partial charge in [0.15, 0.2) is 5.75 Å². The van der Waals surface area contributed by atoms with Crippen molar-refractivity contribution in [2.75, 3.05) is 0 Å². The van der Waals surface area contributed by atoms with E-state index >= 15 is 0 Å². The van der Waals surface area contributed by atoms with Crippen molar-refractivity contribution in [3.05, 3.63) is 39.1 Å². The molecule has 0 saturated carbocycles. The Morgan fingerprint density at radius 1 is 1.42 bits per heavy atom. The minimum absolute atomic E-state index is 0.00301. The highest BCUT2D eigenvalue weighted by atomic mass is 35.5. The Labute approximate surface area is 117 Å². The number of hydrogen-bond acceptors (Lipinski definition) is 5. The highest BCUT2D eigenvalue weighted by molar-refractivity contribution is 6.36. The van der Waals surface area contributed by atoms with E-state index in [1.165, 1.54) is 12.1 Å². The predicted octanol–water partition coefficient (Wildman–Crippen LogP) is 2.96. The van der Waals surface area contributed by atoms with Crippen LogP contribution in [0.15, 0.2) is 16.8 Å². The zero-order chi connectivity index (χ0) is 14.0. The van der Waals surface area contributed by atoms with E-state index in [-0.39, 0.29) is 28.0 Å². The summed E-state index contributed by atoms with van der Waals surface area (Å²) < 4.78 is 9.89. The molecule has 19 heavy (non-hydrogen) atoms. The van der Waals surface area contributed by atoms with Crippen molar-refractivity contribution in [3.8, 4) is 5.75 Å². The van der Waals surface area contributed by atoms with Crippen molar-refractivity contribution in [2.24, 2.45) is 0 Å². The number of carboxylic acids is 1. The number of ether oxygens (including phenoxy) is 1. The lowest BCUT2D eigenvalue weighted by Crippen LogP contribution is -2.05. The van der Waals surface area contributed by atoms with Crippen LogP contribution >= 0.6 is 23.2 Å². The molecule has 1 N–H and O–H groups in total. The molecule has 0 amide bonds. The third kappa shape index (κ3) is 2.97. The van der Waals surface area contributed by atoms with Crippen LogP contribution < -0.4 is 4.74 Å². The van der Waals surface area contributed by atoms with Crippen LogP contribution in [0.1, 0.15) is 21.7 Å². The Morgan fingerprint density at radius 3 is 2.74 bits per heavy atom. The number of aryl methyl sites for hydroxylation is 1. The Kier molecular flexibility index (Phi) is 3.92. The van der Waals surface area contributed by atoms with E-state index in [0.717, 1.165) is 0 Å². The van der Waals surface area contributed by atoms with E-state index in [2.05, 4.69) is 14.9 Å². The lowest BCUT2D eigenvalue weighted by atomic mass is 10.2. The van der Waals surface area contributed by atoms with Crippen molar-refractivity contribution in [1.82, 2.24) is 10.3 Å². The number of carbonyl (C=O) groups is 1. The van der Waals surface area contributed by atoms with E-state index in [9.17, 15) is 4.79 Å². The van der Waals surface area contributed by atoms with Crippen LogP contribution in [0.3, 0.4) is 0 Å². The second-order valence-electron chi connectivity index (χ2n) is 3.65. The van der Waals surface area contributed by atoms with Crippen LogP contribution in [0.4, 0.5) is 0 Å². The number of rotatable bonds is 4. The maximum atomic E-state index is 11.1. The number of hydrogen-bond donors (Lipinski definition) is 1. The Bertz CT molecular complexity index is 627. The van der Waals surface area contributed by atoms with Gasteiger partial charge in [0.25, 0.3) is 0 Å². The quantitative estimate of drug-likeness (QED) is 0.934. The summed E-state index contributed by atoms with van der Waals surface area (Å²) in [4.78, 5) is 11.1. The highest BCUT2D eigenvalue weighted by Gasteiger charge is 2.17. The van der Waals surface area contributed by atoms with E-state index in [0.29, 0.717) is 11.4 Å². The molecular formula is C11H8Cl2N2O4. The molecule has 0 atom stereocenters. The fourth-order valence-electron chi connectivity index (χ4n) is 1.39. The smallest absolute Gasteiger partial charge is 0.339 e. The number of aromatic nitrogens is 2. The molecule has 0 spiro atoms. The molecule has 8 heteroatoms. The fraction of sp³-hybridized carbons (Fsp3) is 0.182. The van der Waals surface area contributed by atoms with Gasteiger partial charge in [0.1, 0.15) is 23.6 Å². The predicted molar refractivity (Wildman–Crippen MR) is 66.8 cm³/mol. The Balaban J connectivity index is 2.29. The molecule has 0 radical (unpaired) electrons. The first-order valence-electron chi connectivity index (χ1n) is 5.12. The number of benzene rings is 1. The second kappa shape index (κ2) is 5.46. The van der Waals surface area contributed by atoms with Crippen LogP contribution in [-0.2, 0) is 6.61 Å². The molecule has 0 unspecified atom stereocenters. The van der Waals surface area contributed by atoms with Gasteiger partial charge in [-0.3, -0.25) is 0 Å². The van der Waals surface area contributed by atoms with Crippen molar-refractivity contribution >= 4 is 29.2 Å². The first-order chi connectivity index (χ1) is 8.99. The van der Waals surface area contributed by atoms with Gasteiger partial charge < -0.3 is 9.84 Å². The average Bonchev–Trinajstić information content (AvgIpc) is 2.73. The van der Waals surface area contributed by atoms with Gasteiger partial charge in [-0.1, -0.05) is 33.5 Å². The van der Waals surface area contributed by atoms with Crippen molar-refractivity contribution in [1.29, 1.82) is 0 Å². The normalized spacial score (nSPS) is 10.5. The van der Waals surface area contributed by atoms with E-state index in [4.69, 9.17) is 33.0 Å². The summed E-state index contributed by atoms with van der Waals surface area (Å²) in [5.74, 6) is -1.16. The fourth-order valence-corrected chi connectivity index (χ4v) is 1.93. The third-order valence-electron chi connectivity index (χ3n) is 2.34. The summed E-state index contributed by atoms with van der Waals surface area (Å²) in [6, 6.07) is 2.66. The summed E-state index contributed by atoms with van der Waals surface area (Å²) in [6.45, 7) is 1.69. The average molecular weight is 303 g/mol. The largest absolute Gasteiger partial charge is 0.485 e. The van der Waals surface area contributed by atoms with Crippen molar-refractivity contribution in [3.63, 3.8) is 0 Å². The van der Waals surface area contributed by atoms with E-state index in [1.807, 2.05) is 0 Å². The van der Waals surface area contributed by atoms with E-state index in [1.54, 1.807) is 6.92 Å². The number of carboxylic acid groups (broad SMARTS) is 1. The van der Waals surface area contributed by atoms with Crippen molar-refractivity contribution < 1.29 is 19.3 Å². The van der Waals surface area contributed by atoms with Gasteiger partial charge in [0.05, 0.1) is 5.02 Å². The van der Waals surface area contributed by atoms with Gasteiger partial charge in [0, 0.05) is 5.02 Å². The first kappa shape index (κ1) is 13.6. The van der Waals surface area contributed by atoms with Gasteiger partial charge in [-0.15, -0.1) is 0 Å². The molecule has 2 rings (SSSR count). The molecule has 2 aromatic rings. The maximum absolute atomic E-state index is 11.1. The Morgan fingerprint density at radius 2 is 2.16 bits per heavy atom. The molecule has 1 heterocycles. The number of halogens is 2. The molecule has 0 saturated heterocycles. The maximum Gasteiger partial charge on any atom is 0.339 e. The molecule has 0 aliphatic rings. The summed E-state index contributed by atoms with van der Waals surface area (Å²) in [7, 11) is 0. The topological polar surface area (TPSA) is 85.5 Å². The molecule has 0 fully saturated rings. The monoisotopic (exact) mass is 302 g/mol. The van der Waals surface area contributed by atoms with Crippen molar-refractivity contribution in [2.45, 2.75) is 13.5 Å². The van der Waals surface area contributed by atoms with Crippen LogP contribution in [-0.4, -0.2) is 21.4 Å². The van der Waals surface area contributed by atoms with Gasteiger partial charge in [-0.2, -0.15) is 0 Å². The highest BCUT2D eigenvalue weighted by Crippen LogP contribution is 2.33. The Hall–Kier alpha value is -1.79. The standard InChI is InChI=1S/C11H8Cl2N2O4/c1-5-9(15-19-14-5)4-18-10-7(11(16)17)2-6(12)3-8(10)13/h2-3H,4H2,1H3,(H,16,17). The van der Waals surface area contributed by atoms with Gasteiger partial charge in [-0.25, -0.2) is 9.42 Å². The van der Waals surface area contributed by atoms with Gasteiger partial charge >= 0.3 is 5.97 Å². The minimum atomic E-state index is -1.19. The van der Waals surface area contributed by atoms with Crippen LogP contribution in [0, 0.1) is 6.92 Å².